The Morgan fingerprint density at radius 3 is 2.78 bits per heavy atom. The highest BCUT2D eigenvalue weighted by molar-refractivity contribution is 7.15. The fourth-order valence-electron chi connectivity index (χ4n) is 1.57. The number of benzene rings is 1. The molecule has 1 heterocycles. The van der Waals surface area contributed by atoms with Gasteiger partial charge in [-0.2, -0.15) is 0 Å². The zero-order chi connectivity index (χ0) is 13.0. The molecule has 0 saturated heterocycles. The Morgan fingerprint density at radius 2 is 2.11 bits per heavy atom. The van der Waals surface area contributed by atoms with Crippen LogP contribution in [0.4, 0.5) is 5.00 Å². The molecule has 5 heteroatoms. The summed E-state index contributed by atoms with van der Waals surface area (Å²) in [5.41, 5.74) is 7.15. The maximum atomic E-state index is 11.6. The number of thiazole rings is 1. The Kier molecular flexibility index (Phi) is 3.94. The lowest BCUT2D eigenvalue weighted by Gasteiger charge is -1.98. The minimum atomic E-state index is -0.453. The first-order chi connectivity index (χ1) is 8.70. The van der Waals surface area contributed by atoms with E-state index in [1.165, 1.54) is 11.3 Å². The van der Waals surface area contributed by atoms with Crippen LogP contribution in [0.25, 0.3) is 0 Å². The van der Waals surface area contributed by atoms with Gasteiger partial charge in [-0.15, -0.1) is 11.3 Å². The summed E-state index contributed by atoms with van der Waals surface area (Å²) >= 11 is 1.33. The van der Waals surface area contributed by atoms with Crippen LogP contribution in [0.5, 0.6) is 0 Å². The summed E-state index contributed by atoms with van der Waals surface area (Å²) in [6, 6.07) is 9.93. The lowest BCUT2D eigenvalue weighted by atomic mass is 10.2. The molecule has 0 radical (unpaired) electrons. The maximum absolute atomic E-state index is 11.6. The molecule has 94 valence electrons. The van der Waals surface area contributed by atoms with E-state index in [0.29, 0.717) is 18.0 Å². The first-order valence-electron chi connectivity index (χ1n) is 5.67. The van der Waals surface area contributed by atoms with Gasteiger partial charge >= 0.3 is 5.97 Å². The van der Waals surface area contributed by atoms with Crippen LogP contribution < -0.4 is 5.73 Å². The van der Waals surface area contributed by atoms with Gasteiger partial charge in [0.25, 0.3) is 0 Å². The van der Waals surface area contributed by atoms with Gasteiger partial charge in [0.1, 0.15) is 10.0 Å². The molecule has 1 aromatic heterocycles. The monoisotopic (exact) mass is 262 g/mol. The molecule has 2 aromatic rings. The Labute approximate surface area is 109 Å². The summed E-state index contributed by atoms with van der Waals surface area (Å²) in [7, 11) is 0. The van der Waals surface area contributed by atoms with Crippen molar-refractivity contribution in [1.29, 1.82) is 0 Å². The number of aromatic nitrogens is 1. The maximum Gasteiger partial charge on any atom is 0.360 e. The van der Waals surface area contributed by atoms with Crippen LogP contribution >= 0.6 is 11.3 Å². The number of esters is 1. The molecule has 4 nitrogen and oxygen atoms in total. The number of nitrogens with zero attached hydrogens (tertiary/aromatic N) is 1. The number of nitrogens with two attached hydrogens (primary N) is 1. The van der Waals surface area contributed by atoms with Crippen LogP contribution in [0, 0.1) is 0 Å². The van der Waals surface area contributed by atoms with E-state index in [2.05, 4.69) is 4.98 Å². The zero-order valence-electron chi connectivity index (χ0n) is 10.1. The fraction of sp³-hybridized carbons (Fsp3) is 0.231. The number of ether oxygens (including phenoxy) is 1. The molecule has 0 saturated carbocycles. The Bertz CT molecular complexity index is 537. The second kappa shape index (κ2) is 5.64. The normalized spacial score (nSPS) is 10.3. The Hall–Kier alpha value is -1.88. The second-order valence-electron chi connectivity index (χ2n) is 3.70. The molecule has 2 N–H and O–H groups in total. The number of carbonyl (C=O) groups excluding carboxylic acids is 1. The summed E-state index contributed by atoms with van der Waals surface area (Å²) in [4.78, 5) is 15.8. The zero-order valence-corrected chi connectivity index (χ0v) is 10.9. The quantitative estimate of drug-likeness (QED) is 0.860. The molecular weight excluding hydrogens is 248 g/mol. The van der Waals surface area contributed by atoms with Crippen LogP contribution in [0.15, 0.2) is 30.3 Å². The van der Waals surface area contributed by atoms with Crippen molar-refractivity contribution in [1.82, 2.24) is 4.98 Å². The summed E-state index contributed by atoms with van der Waals surface area (Å²) in [5, 5.41) is 1.24. The van der Waals surface area contributed by atoms with Gasteiger partial charge in [-0.25, -0.2) is 9.78 Å². The molecule has 0 bridgehead atoms. The van der Waals surface area contributed by atoms with Gasteiger partial charge < -0.3 is 10.5 Å². The number of hydrogen-bond donors (Lipinski definition) is 1. The first kappa shape index (κ1) is 12.6. The topological polar surface area (TPSA) is 65.2 Å². The van der Waals surface area contributed by atoms with E-state index < -0.39 is 5.97 Å². The lowest BCUT2D eigenvalue weighted by molar-refractivity contribution is 0.0521. The standard InChI is InChI=1S/C13H14N2O2S/c1-2-17-13(16)11-12(14)18-10(15-11)8-9-6-4-3-5-7-9/h3-7H,2,8,14H2,1H3. The van der Waals surface area contributed by atoms with Crippen molar-refractivity contribution in [2.75, 3.05) is 12.3 Å². The average Bonchev–Trinajstić information content (AvgIpc) is 2.72. The third kappa shape index (κ3) is 2.87. The first-order valence-corrected chi connectivity index (χ1v) is 6.48. The van der Waals surface area contributed by atoms with Gasteiger partial charge in [0, 0.05) is 6.42 Å². The van der Waals surface area contributed by atoms with E-state index in [1.807, 2.05) is 30.3 Å². The van der Waals surface area contributed by atoms with Crippen molar-refractivity contribution in [2.45, 2.75) is 13.3 Å². The Morgan fingerprint density at radius 1 is 1.39 bits per heavy atom. The predicted molar refractivity (Wildman–Crippen MR) is 71.7 cm³/mol. The van der Waals surface area contributed by atoms with Crippen molar-refractivity contribution in [2.24, 2.45) is 0 Å². The highest BCUT2D eigenvalue weighted by Gasteiger charge is 2.17. The minimum absolute atomic E-state index is 0.229. The van der Waals surface area contributed by atoms with Crippen LogP contribution in [0.3, 0.4) is 0 Å². The molecule has 0 spiro atoms. The van der Waals surface area contributed by atoms with E-state index in [0.717, 1.165) is 10.6 Å². The predicted octanol–water partition coefficient (Wildman–Crippen LogP) is 2.49. The number of nitrogen functional groups attached to an aromatic ring is 1. The third-order valence-corrected chi connectivity index (χ3v) is 3.25. The molecule has 1 aromatic carbocycles. The van der Waals surface area contributed by atoms with Gasteiger partial charge in [0.15, 0.2) is 5.69 Å². The molecule has 18 heavy (non-hydrogen) atoms. The smallest absolute Gasteiger partial charge is 0.360 e. The number of rotatable bonds is 4. The van der Waals surface area contributed by atoms with Crippen molar-refractivity contribution in [3.05, 3.63) is 46.6 Å². The van der Waals surface area contributed by atoms with Crippen LogP contribution in [0.1, 0.15) is 28.0 Å². The number of carbonyl (C=O) groups is 1. The van der Waals surface area contributed by atoms with E-state index in [4.69, 9.17) is 10.5 Å². The van der Waals surface area contributed by atoms with Crippen LogP contribution in [-0.4, -0.2) is 17.6 Å². The second-order valence-corrected chi connectivity index (χ2v) is 4.82. The van der Waals surface area contributed by atoms with Crippen molar-refractivity contribution < 1.29 is 9.53 Å². The molecule has 0 aliphatic carbocycles. The largest absolute Gasteiger partial charge is 0.461 e. The molecule has 0 atom stereocenters. The molecule has 2 rings (SSSR count). The highest BCUT2D eigenvalue weighted by Crippen LogP contribution is 2.24. The van der Waals surface area contributed by atoms with Gasteiger partial charge in [-0.05, 0) is 12.5 Å². The molecule has 0 fully saturated rings. The van der Waals surface area contributed by atoms with E-state index in [-0.39, 0.29) is 5.69 Å². The number of anilines is 1. The summed E-state index contributed by atoms with van der Waals surface area (Å²) < 4.78 is 4.90. The summed E-state index contributed by atoms with van der Waals surface area (Å²) in [5.74, 6) is -0.453. The van der Waals surface area contributed by atoms with E-state index >= 15 is 0 Å². The van der Waals surface area contributed by atoms with E-state index in [1.54, 1.807) is 6.92 Å². The fourth-order valence-corrected chi connectivity index (χ4v) is 2.42. The highest BCUT2D eigenvalue weighted by atomic mass is 32.1. The van der Waals surface area contributed by atoms with Gasteiger partial charge in [0.2, 0.25) is 0 Å². The SMILES string of the molecule is CCOC(=O)c1nc(Cc2ccccc2)sc1N. The molecule has 0 aliphatic rings. The van der Waals surface area contributed by atoms with Crippen molar-refractivity contribution in [3.8, 4) is 0 Å². The molecule has 0 amide bonds. The average molecular weight is 262 g/mol. The lowest BCUT2D eigenvalue weighted by Crippen LogP contribution is -2.07. The Balaban J connectivity index is 2.16. The van der Waals surface area contributed by atoms with Crippen LogP contribution in [0.2, 0.25) is 0 Å². The van der Waals surface area contributed by atoms with Gasteiger partial charge in [0.05, 0.1) is 6.61 Å². The van der Waals surface area contributed by atoms with Gasteiger partial charge in [-0.1, -0.05) is 30.3 Å². The molecule has 0 unspecified atom stereocenters. The summed E-state index contributed by atoms with van der Waals surface area (Å²) in [6.45, 7) is 2.08. The van der Waals surface area contributed by atoms with E-state index in [9.17, 15) is 4.79 Å². The summed E-state index contributed by atoms with van der Waals surface area (Å²) in [6.07, 6.45) is 0.676. The molecular formula is C13H14N2O2S. The van der Waals surface area contributed by atoms with Crippen molar-refractivity contribution >= 4 is 22.3 Å². The molecule has 0 aliphatic heterocycles. The van der Waals surface area contributed by atoms with Gasteiger partial charge in [-0.3, -0.25) is 0 Å². The van der Waals surface area contributed by atoms with Crippen molar-refractivity contribution in [3.63, 3.8) is 0 Å². The third-order valence-electron chi connectivity index (χ3n) is 2.36. The number of hydrogen-bond acceptors (Lipinski definition) is 5. The van der Waals surface area contributed by atoms with Crippen LogP contribution in [-0.2, 0) is 11.2 Å². The minimum Gasteiger partial charge on any atom is -0.461 e.